The summed E-state index contributed by atoms with van der Waals surface area (Å²) in [4.78, 5) is 0. The first-order valence-electron chi connectivity index (χ1n) is 5.93. The highest BCUT2D eigenvalue weighted by molar-refractivity contribution is 5.03. The molecular formula is C12H22O2. The molecule has 0 unspecified atom stereocenters. The van der Waals surface area contributed by atoms with Crippen molar-refractivity contribution in [1.29, 1.82) is 0 Å². The standard InChI is InChI=1S/C12H22O2/c1-11-5-2-3-6-12(11,14)8-10(9-13)4-7-11/h10,13-14H,2-9H2,1H3/t10-,11-,12+/m1/s1. The normalized spacial score (nSPS) is 48.6. The van der Waals surface area contributed by atoms with Gasteiger partial charge in [-0.3, -0.25) is 0 Å². The van der Waals surface area contributed by atoms with Crippen LogP contribution < -0.4 is 0 Å². The minimum Gasteiger partial charge on any atom is -0.396 e. The Balaban J connectivity index is 2.15. The molecule has 0 aromatic heterocycles. The third-order valence-corrected chi connectivity index (χ3v) is 4.68. The summed E-state index contributed by atoms with van der Waals surface area (Å²) in [5.41, 5.74) is -0.339. The maximum absolute atomic E-state index is 10.6. The van der Waals surface area contributed by atoms with Crippen LogP contribution in [-0.2, 0) is 0 Å². The van der Waals surface area contributed by atoms with Gasteiger partial charge in [-0.2, -0.15) is 0 Å². The molecule has 0 spiro atoms. The monoisotopic (exact) mass is 198 g/mol. The quantitative estimate of drug-likeness (QED) is 0.677. The van der Waals surface area contributed by atoms with Gasteiger partial charge in [0.2, 0.25) is 0 Å². The van der Waals surface area contributed by atoms with Crippen LogP contribution in [0.1, 0.15) is 51.9 Å². The third kappa shape index (κ3) is 1.49. The van der Waals surface area contributed by atoms with E-state index in [-0.39, 0.29) is 12.0 Å². The lowest BCUT2D eigenvalue weighted by Crippen LogP contribution is -2.53. The Hall–Kier alpha value is -0.0800. The van der Waals surface area contributed by atoms with E-state index in [1.165, 1.54) is 12.8 Å². The lowest BCUT2D eigenvalue weighted by atomic mass is 9.55. The molecule has 14 heavy (non-hydrogen) atoms. The molecule has 0 radical (unpaired) electrons. The molecule has 0 aliphatic heterocycles. The molecule has 3 atom stereocenters. The molecule has 0 aromatic rings. The van der Waals surface area contributed by atoms with Crippen molar-refractivity contribution in [3.8, 4) is 0 Å². The van der Waals surface area contributed by atoms with Crippen LogP contribution in [0, 0.1) is 11.3 Å². The van der Waals surface area contributed by atoms with Gasteiger partial charge in [0.25, 0.3) is 0 Å². The van der Waals surface area contributed by atoms with E-state index in [4.69, 9.17) is 5.11 Å². The summed E-state index contributed by atoms with van der Waals surface area (Å²) in [6.45, 7) is 2.48. The summed E-state index contributed by atoms with van der Waals surface area (Å²) >= 11 is 0. The fourth-order valence-electron chi connectivity index (χ4n) is 3.43. The second-order valence-electron chi connectivity index (χ2n) is 5.59. The Morgan fingerprint density at radius 1 is 1.21 bits per heavy atom. The smallest absolute Gasteiger partial charge is 0.0704 e. The predicted molar refractivity (Wildman–Crippen MR) is 56.0 cm³/mol. The van der Waals surface area contributed by atoms with Crippen LogP contribution in [0.4, 0.5) is 0 Å². The Kier molecular flexibility index (Phi) is 2.61. The van der Waals surface area contributed by atoms with Crippen LogP contribution in [0.5, 0.6) is 0 Å². The molecule has 2 N–H and O–H groups in total. The van der Waals surface area contributed by atoms with Gasteiger partial charge in [0.05, 0.1) is 5.60 Å². The average molecular weight is 198 g/mol. The topological polar surface area (TPSA) is 40.5 Å². The summed E-state index contributed by atoms with van der Waals surface area (Å²) < 4.78 is 0. The van der Waals surface area contributed by atoms with Crippen molar-refractivity contribution in [2.75, 3.05) is 6.61 Å². The number of hydrogen-bond acceptors (Lipinski definition) is 2. The second-order valence-corrected chi connectivity index (χ2v) is 5.59. The molecule has 2 fully saturated rings. The molecule has 0 aromatic carbocycles. The van der Waals surface area contributed by atoms with Gasteiger partial charge in [-0.05, 0) is 43.4 Å². The average Bonchev–Trinajstić information content (AvgIpc) is 2.18. The molecule has 0 saturated heterocycles. The number of hydrogen-bond donors (Lipinski definition) is 2. The summed E-state index contributed by atoms with van der Waals surface area (Å²) in [6.07, 6.45) is 7.54. The zero-order valence-corrected chi connectivity index (χ0v) is 9.13. The lowest BCUT2D eigenvalue weighted by molar-refractivity contribution is -0.150. The fourth-order valence-corrected chi connectivity index (χ4v) is 3.43. The number of aliphatic hydroxyl groups excluding tert-OH is 1. The first-order valence-corrected chi connectivity index (χ1v) is 5.93. The van der Waals surface area contributed by atoms with Gasteiger partial charge in [-0.1, -0.05) is 19.8 Å². The number of aliphatic hydroxyl groups is 2. The van der Waals surface area contributed by atoms with E-state index >= 15 is 0 Å². The Morgan fingerprint density at radius 3 is 2.64 bits per heavy atom. The molecule has 2 rings (SSSR count). The number of rotatable bonds is 1. The highest BCUT2D eigenvalue weighted by atomic mass is 16.3. The zero-order chi connectivity index (χ0) is 10.2. The molecule has 0 heterocycles. The van der Waals surface area contributed by atoms with Gasteiger partial charge in [0.15, 0.2) is 0 Å². The molecule has 2 aliphatic carbocycles. The van der Waals surface area contributed by atoms with E-state index in [2.05, 4.69) is 6.92 Å². The fraction of sp³-hybridized carbons (Fsp3) is 1.00. The molecular weight excluding hydrogens is 176 g/mol. The molecule has 2 aliphatic rings. The first kappa shape index (κ1) is 10.4. The molecule has 2 heteroatoms. The van der Waals surface area contributed by atoms with Crippen LogP contribution in [0.15, 0.2) is 0 Å². The molecule has 0 bridgehead atoms. The van der Waals surface area contributed by atoms with Gasteiger partial charge in [0, 0.05) is 6.61 Å². The highest BCUT2D eigenvalue weighted by Gasteiger charge is 2.51. The van der Waals surface area contributed by atoms with Crippen LogP contribution in [-0.4, -0.2) is 22.4 Å². The predicted octanol–water partition coefficient (Wildman–Crippen LogP) is 2.09. The SMILES string of the molecule is C[C@]12CCCC[C@]1(O)C[C@H](CO)CC2. The number of fused-ring (bicyclic) bond motifs is 1. The van der Waals surface area contributed by atoms with E-state index in [0.29, 0.717) is 5.92 Å². The minimum absolute atomic E-state index is 0.136. The van der Waals surface area contributed by atoms with Crippen molar-refractivity contribution in [1.82, 2.24) is 0 Å². The van der Waals surface area contributed by atoms with Crippen LogP contribution in [0.25, 0.3) is 0 Å². The van der Waals surface area contributed by atoms with E-state index in [0.717, 1.165) is 32.1 Å². The Bertz CT molecular complexity index is 216. The Labute approximate surface area is 86.3 Å². The Morgan fingerprint density at radius 2 is 1.93 bits per heavy atom. The second kappa shape index (κ2) is 3.49. The highest BCUT2D eigenvalue weighted by Crippen LogP contribution is 2.54. The van der Waals surface area contributed by atoms with Crippen molar-refractivity contribution in [2.45, 2.75) is 57.5 Å². The molecule has 2 saturated carbocycles. The molecule has 82 valence electrons. The summed E-state index contributed by atoms with van der Waals surface area (Å²) in [5, 5.41) is 19.8. The molecule has 0 amide bonds. The van der Waals surface area contributed by atoms with E-state index in [9.17, 15) is 5.11 Å². The van der Waals surface area contributed by atoms with Gasteiger partial charge in [-0.25, -0.2) is 0 Å². The van der Waals surface area contributed by atoms with Gasteiger partial charge in [0.1, 0.15) is 0 Å². The summed E-state index contributed by atoms with van der Waals surface area (Å²) in [7, 11) is 0. The zero-order valence-electron chi connectivity index (χ0n) is 9.13. The molecule has 2 nitrogen and oxygen atoms in total. The van der Waals surface area contributed by atoms with Crippen molar-refractivity contribution >= 4 is 0 Å². The summed E-state index contributed by atoms with van der Waals surface area (Å²) in [6, 6.07) is 0. The van der Waals surface area contributed by atoms with E-state index in [1.54, 1.807) is 0 Å². The van der Waals surface area contributed by atoms with Crippen LogP contribution in [0.3, 0.4) is 0 Å². The van der Waals surface area contributed by atoms with Crippen molar-refractivity contribution < 1.29 is 10.2 Å². The lowest BCUT2D eigenvalue weighted by Gasteiger charge is -2.53. The van der Waals surface area contributed by atoms with Gasteiger partial charge < -0.3 is 10.2 Å². The van der Waals surface area contributed by atoms with Crippen molar-refractivity contribution in [3.05, 3.63) is 0 Å². The van der Waals surface area contributed by atoms with E-state index < -0.39 is 5.60 Å². The van der Waals surface area contributed by atoms with Gasteiger partial charge >= 0.3 is 0 Å². The van der Waals surface area contributed by atoms with Crippen molar-refractivity contribution in [2.24, 2.45) is 11.3 Å². The van der Waals surface area contributed by atoms with Crippen LogP contribution in [0.2, 0.25) is 0 Å². The maximum Gasteiger partial charge on any atom is 0.0704 e. The maximum atomic E-state index is 10.6. The minimum atomic E-state index is -0.475. The third-order valence-electron chi connectivity index (χ3n) is 4.68. The summed E-state index contributed by atoms with van der Waals surface area (Å²) in [5.74, 6) is 0.339. The van der Waals surface area contributed by atoms with E-state index in [1.807, 2.05) is 0 Å². The first-order chi connectivity index (χ1) is 6.60. The van der Waals surface area contributed by atoms with Gasteiger partial charge in [-0.15, -0.1) is 0 Å². The van der Waals surface area contributed by atoms with Crippen molar-refractivity contribution in [3.63, 3.8) is 0 Å². The largest absolute Gasteiger partial charge is 0.396 e. The van der Waals surface area contributed by atoms with Crippen LogP contribution >= 0.6 is 0 Å².